The van der Waals surface area contributed by atoms with Crippen LogP contribution in [0.4, 0.5) is 11.6 Å². The van der Waals surface area contributed by atoms with Crippen LogP contribution < -0.4 is 26.2 Å². The molecule has 0 unspecified atom stereocenters. The van der Waals surface area contributed by atoms with E-state index in [2.05, 4.69) is 15.3 Å². The van der Waals surface area contributed by atoms with Crippen LogP contribution in [0.2, 0.25) is 5.02 Å². The Labute approximate surface area is 228 Å². The van der Waals surface area contributed by atoms with E-state index in [-0.39, 0.29) is 25.6 Å². The highest BCUT2D eigenvalue weighted by atomic mass is 35.5. The average Bonchev–Trinajstić information content (AvgIpc) is 2.90. The Kier molecular flexibility index (Phi) is 8.76. The lowest BCUT2D eigenvalue weighted by Gasteiger charge is -2.18. The second-order valence-electron chi connectivity index (χ2n) is 8.67. The first-order valence-corrected chi connectivity index (χ1v) is 13.5. The van der Waals surface area contributed by atoms with Gasteiger partial charge in [0.1, 0.15) is 5.75 Å². The van der Waals surface area contributed by atoms with Crippen molar-refractivity contribution in [2.75, 3.05) is 11.9 Å². The average molecular weight is 573 g/mol. The summed E-state index contributed by atoms with van der Waals surface area (Å²) in [4.78, 5) is 34.5. The van der Waals surface area contributed by atoms with Crippen molar-refractivity contribution in [1.29, 1.82) is 0 Å². The Morgan fingerprint density at radius 2 is 1.74 bits per heavy atom. The van der Waals surface area contributed by atoms with Crippen molar-refractivity contribution in [3.8, 4) is 11.6 Å². The zero-order chi connectivity index (χ0) is 28.0. The Hall–Kier alpha value is -4.04. The number of hydrogen-bond acceptors (Lipinski definition) is 8. The van der Waals surface area contributed by atoms with Gasteiger partial charge in [-0.1, -0.05) is 36.7 Å². The zero-order valence-electron chi connectivity index (χ0n) is 20.7. The van der Waals surface area contributed by atoms with Crippen molar-refractivity contribution in [1.82, 2.24) is 23.8 Å². The molecule has 2 heterocycles. The Bertz CT molecular complexity index is 1640. The highest BCUT2D eigenvalue weighted by Gasteiger charge is 2.17. The lowest BCUT2D eigenvalue weighted by molar-refractivity contribution is 0.415. The Balaban J connectivity index is 1.63. The standard InChI is InChI=1S/C25H25ClN6O6S/c1-17(14-28-39(35,36)37)15-32-24(33)30-23(31(25(32)34)16-18-5-7-19(26)8-6-18)29-20-9-11-21(12-10-20)38-22-4-2-3-13-27-22/h2-13,17,28H,14-16H2,1H3,(H,29,30,33)(H,35,36,37)/t17-/m1/s1. The molecule has 12 nitrogen and oxygen atoms in total. The molecule has 3 N–H and O–H groups in total. The molecule has 0 saturated heterocycles. The Morgan fingerprint density at radius 3 is 2.38 bits per heavy atom. The number of nitrogens with zero attached hydrogens (tertiary/aromatic N) is 4. The minimum Gasteiger partial charge on any atom is -0.439 e. The molecule has 0 saturated carbocycles. The maximum absolute atomic E-state index is 13.5. The normalized spacial score (nSPS) is 12.2. The van der Waals surface area contributed by atoms with Gasteiger partial charge in [-0.15, -0.1) is 0 Å². The molecule has 0 bridgehead atoms. The summed E-state index contributed by atoms with van der Waals surface area (Å²) in [7, 11) is -4.42. The van der Waals surface area contributed by atoms with Gasteiger partial charge in [-0.05, 0) is 53.9 Å². The van der Waals surface area contributed by atoms with Crippen LogP contribution in [-0.4, -0.2) is 38.6 Å². The van der Waals surface area contributed by atoms with E-state index in [9.17, 15) is 18.0 Å². The van der Waals surface area contributed by atoms with Gasteiger partial charge in [-0.2, -0.15) is 18.1 Å². The molecule has 0 spiro atoms. The maximum atomic E-state index is 13.5. The van der Waals surface area contributed by atoms with E-state index < -0.39 is 27.6 Å². The monoisotopic (exact) mass is 572 g/mol. The summed E-state index contributed by atoms with van der Waals surface area (Å²) in [6, 6.07) is 19.0. The van der Waals surface area contributed by atoms with E-state index in [4.69, 9.17) is 20.9 Å². The smallest absolute Gasteiger partial charge is 0.354 e. The first-order chi connectivity index (χ1) is 18.6. The largest absolute Gasteiger partial charge is 0.439 e. The van der Waals surface area contributed by atoms with E-state index in [0.717, 1.165) is 10.1 Å². The van der Waals surface area contributed by atoms with Crippen molar-refractivity contribution in [3.05, 3.63) is 104 Å². The van der Waals surface area contributed by atoms with Crippen LogP contribution in [0.25, 0.3) is 0 Å². The van der Waals surface area contributed by atoms with Gasteiger partial charge >= 0.3 is 21.7 Å². The molecule has 0 aliphatic heterocycles. The molecule has 39 heavy (non-hydrogen) atoms. The molecule has 2 aromatic heterocycles. The highest BCUT2D eigenvalue weighted by Crippen LogP contribution is 2.22. The summed E-state index contributed by atoms with van der Waals surface area (Å²) in [5.41, 5.74) is -0.190. The van der Waals surface area contributed by atoms with E-state index in [1.807, 2.05) is 4.72 Å². The van der Waals surface area contributed by atoms with Crippen LogP contribution in [0.3, 0.4) is 0 Å². The number of aromatic nitrogens is 4. The first kappa shape index (κ1) is 28.0. The fourth-order valence-electron chi connectivity index (χ4n) is 3.58. The third kappa shape index (κ3) is 7.97. The molecule has 204 valence electrons. The van der Waals surface area contributed by atoms with Gasteiger partial charge in [0.25, 0.3) is 0 Å². The van der Waals surface area contributed by atoms with E-state index in [1.54, 1.807) is 79.9 Å². The summed E-state index contributed by atoms with van der Waals surface area (Å²) >= 11 is 5.99. The molecule has 0 aliphatic rings. The molecule has 1 atom stereocenters. The fraction of sp³-hybridized carbons (Fsp3) is 0.200. The zero-order valence-corrected chi connectivity index (χ0v) is 22.3. The topological polar surface area (TPSA) is 157 Å². The summed E-state index contributed by atoms with van der Waals surface area (Å²) in [5.74, 6) is 0.474. The third-order valence-corrected chi connectivity index (χ3v) is 6.27. The van der Waals surface area contributed by atoms with Crippen LogP contribution in [0, 0.1) is 5.92 Å². The minimum atomic E-state index is -4.42. The van der Waals surface area contributed by atoms with E-state index in [1.165, 1.54) is 4.57 Å². The quantitative estimate of drug-likeness (QED) is 0.230. The molecular weight excluding hydrogens is 548 g/mol. The van der Waals surface area contributed by atoms with Gasteiger partial charge < -0.3 is 10.1 Å². The number of pyridine rings is 1. The van der Waals surface area contributed by atoms with Crippen molar-refractivity contribution in [2.45, 2.75) is 20.0 Å². The van der Waals surface area contributed by atoms with Crippen LogP contribution in [0.15, 0.2) is 82.5 Å². The number of hydrogen-bond donors (Lipinski definition) is 3. The molecule has 0 amide bonds. The molecule has 14 heteroatoms. The van der Waals surface area contributed by atoms with Crippen molar-refractivity contribution >= 4 is 33.5 Å². The number of ether oxygens (including phenoxy) is 1. The molecule has 4 aromatic rings. The molecule has 4 rings (SSSR count). The van der Waals surface area contributed by atoms with Gasteiger partial charge in [0, 0.05) is 36.1 Å². The minimum absolute atomic E-state index is 0.0123. The molecule has 2 aromatic carbocycles. The summed E-state index contributed by atoms with van der Waals surface area (Å²) < 4.78 is 40.8. The molecule has 0 fully saturated rings. The van der Waals surface area contributed by atoms with Gasteiger partial charge in [0.05, 0.1) is 6.54 Å². The van der Waals surface area contributed by atoms with Gasteiger partial charge in [0.15, 0.2) is 0 Å². The number of halogens is 1. The van der Waals surface area contributed by atoms with E-state index >= 15 is 0 Å². The van der Waals surface area contributed by atoms with Gasteiger partial charge in [-0.25, -0.2) is 19.1 Å². The molecule has 0 radical (unpaired) electrons. The number of rotatable bonds is 11. The summed E-state index contributed by atoms with van der Waals surface area (Å²) in [6.07, 6.45) is 1.62. The van der Waals surface area contributed by atoms with E-state index in [0.29, 0.717) is 22.3 Å². The third-order valence-electron chi connectivity index (χ3n) is 5.48. The summed E-state index contributed by atoms with van der Waals surface area (Å²) in [6.45, 7) is 1.38. The van der Waals surface area contributed by atoms with Crippen LogP contribution in [0.1, 0.15) is 12.5 Å². The lowest BCUT2D eigenvalue weighted by Crippen LogP contribution is -2.44. The second kappa shape index (κ2) is 12.2. The molecular formula is C25H25ClN6O6S. The first-order valence-electron chi connectivity index (χ1n) is 11.7. The maximum Gasteiger partial charge on any atom is 0.354 e. The van der Waals surface area contributed by atoms with Crippen molar-refractivity contribution < 1.29 is 17.7 Å². The number of anilines is 2. The predicted octanol–water partition coefficient (Wildman–Crippen LogP) is 3.07. The van der Waals surface area contributed by atoms with Gasteiger partial charge in [0.2, 0.25) is 11.8 Å². The fourth-order valence-corrected chi connectivity index (χ4v) is 4.20. The highest BCUT2D eigenvalue weighted by molar-refractivity contribution is 7.83. The van der Waals surface area contributed by atoms with Crippen LogP contribution in [-0.2, 0) is 23.4 Å². The number of benzene rings is 2. The second-order valence-corrected chi connectivity index (χ2v) is 10.3. The summed E-state index contributed by atoms with van der Waals surface area (Å²) in [5, 5.41) is 3.55. The SMILES string of the molecule is C[C@H](CNS(=O)(=O)O)Cn1c(=O)nc(Nc2ccc(Oc3ccccn3)cc2)n(Cc2ccc(Cl)cc2)c1=O. The Morgan fingerprint density at radius 1 is 1.03 bits per heavy atom. The van der Waals surface area contributed by atoms with Crippen molar-refractivity contribution in [3.63, 3.8) is 0 Å². The lowest BCUT2D eigenvalue weighted by atomic mass is 10.2. The number of nitrogens with one attached hydrogen (secondary N) is 2. The predicted molar refractivity (Wildman–Crippen MR) is 146 cm³/mol. The van der Waals surface area contributed by atoms with Gasteiger partial charge in [-0.3, -0.25) is 9.12 Å². The van der Waals surface area contributed by atoms with Crippen LogP contribution in [0.5, 0.6) is 11.6 Å². The van der Waals surface area contributed by atoms with Crippen LogP contribution >= 0.6 is 11.6 Å². The van der Waals surface area contributed by atoms with Crippen molar-refractivity contribution in [2.24, 2.45) is 5.92 Å². The molecule has 0 aliphatic carbocycles.